The molecule has 4 nitrogen and oxygen atoms in total. The van der Waals surface area contributed by atoms with E-state index in [0.717, 1.165) is 16.5 Å². The molecule has 0 amide bonds. The smallest absolute Gasteiger partial charge is 0.328 e. The van der Waals surface area contributed by atoms with Gasteiger partial charge in [0, 0.05) is 18.5 Å². The van der Waals surface area contributed by atoms with Gasteiger partial charge in [-0.3, -0.25) is 4.79 Å². The molecule has 1 heterocycles. The molecule has 0 saturated carbocycles. The number of Topliss-reactive ketones (excluding diaryl/α,β-unsaturated/α-hetero) is 1. The minimum Gasteiger partial charge on any atom is -0.328 e. The molecule has 1 aromatic heterocycles. The van der Waals surface area contributed by atoms with Crippen molar-refractivity contribution in [3.05, 3.63) is 36.0 Å². The highest BCUT2D eigenvalue weighted by molar-refractivity contribution is 6.32. The van der Waals surface area contributed by atoms with E-state index in [-0.39, 0.29) is 0 Å². The zero-order valence-corrected chi connectivity index (χ0v) is 9.06. The summed E-state index contributed by atoms with van der Waals surface area (Å²) in [6.07, 6.45) is 1.69. The predicted octanol–water partition coefficient (Wildman–Crippen LogP) is 1.49. The summed E-state index contributed by atoms with van der Waals surface area (Å²) in [7, 11) is 0. The lowest BCUT2D eigenvalue weighted by Gasteiger charge is -2.03. The van der Waals surface area contributed by atoms with Crippen LogP contribution >= 0.6 is 0 Å². The molecule has 0 aliphatic rings. The van der Waals surface area contributed by atoms with Gasteiger partial charge in [-0.15, -0.1) is 0 Å². The monoisotopic (exact) mass is 217 g/mol. The van der Waals surface area contributed by atoms with Crippen molar-refractivity contribution in [1.29, 1.82) is 0 Å². The molecular weight excluding hydrogens is 206 g/mol. The normalized spacial score (nSPS) is 10.4. The molecule has 0 unspecified atom stereocenters. The lowest BCUT2D eigenvalue weighted by Crippen LogP contribution is -2.24. The Morgan fingerprint density at radius 3 is 2.62 bits per heavy atom. The van der Waals surface area contributed by atoms with E-state index in [4.69, 9.17) is 4.84 Å². The number of carbonyl (C=O) groups excluding carboxylic acids is 2. The third-order valence-electron chi connectivity index (χ3n) is 2.35. The molecule has 0 aliphatic heterocycles. The summed E-state index contributed by atoms with van der Waals surface area (Å²) < 4.78 is 1.33. The molecule has 0 spiro atoms. The van der Waals surface area contributed by atoms with E-state index in [1.807, 2.05) is 31.2 Å². The second kappa shape index (κ2) is 3.81. The van der Waals surface area contributed by atoms with Crippen LogP contribution < -0.4 is 4.84 Å². The van der Waals surface area contributed by atoms with Gasteiger partial charge in [0.25, 0.3) is 0 Å². The maximum atomic E-state index is 11.2. The van der Waals surface area contributed by atoms with Crippen LogP contribution in [0.25, 0.3) is 10.9 Å². The highest BCUT2D eigenvalue weighted by Crippen LogP contribution is 2.19. The molecule has 0 bridgehead atoms. The zero-order chi connectivity index (χ0) is 11.7. The maximum Gasteiger partial charge on any atom is 0.398 e. The molecule has 1 aromatic carbocycles. The summed E-state index contributed by atoms with van der Waals surface area (Å²) in [5, 5.41) is 0.999. The van der Waals surface area contributed by atoms with Crippen LogP contribution in [0.5, 0.6) is 0 Å². The van der Waals surface area contributed by atoms with Gasteiger partial charge < -0.3 is 4.84 Å². The molecule has 0 saturated heterocycles. The van der Waals surface area contributed by atoms with Crippen LogP contribution in [0.1, 0.15) is 12.5 Å². The van der Waals surface area contributed by atoms with E-state index in [1.54, 1.807) is 6.20 Å². The Balaban J connectivity index is 2.46. The number of hydrogen-bond acceptors (Lipinski definition) is 3. The van der Waals surface area contributed by atoms with Crippen LogP contribution in [0.15, 0.2) is 30.5 Å². The fraction of sp³-hybridized carbons (Fsp3) is 0.167. The van der Waals surface area contributed by atoms with Crippen molar-refractivity contribution in [2.45, 2.75) is 13.8 Å². The van der Waals surface area contributed by atoms with Gasteiger partial charge in [0.05, 0.1) is 5.52 Å². The van der Waals surface area contributed by atoms with Gasteiger partial charge in [0.15, 0.2) is 0 Å². The molecule has 0 fully saturated rings. The Labute approximate surface area is 92.4 Å². The molecular formula is C12H11NO3. The van der Waals surface area contributed by atoms with E-state index in [1.165, 1.54) is 11.7 Å². The first-order valence-corrected chi connectivity index (χ1v) is 4.89. The summed E-state index contributed by atoms with van der Waals surface area (Å²) in [4.78, 5) is 26.9. The first-order chi connectivity index (χ1) is 7.59. The van der Waals surface area contributed by atoms with Gasteiger partial charge in [-0.1, -0.05) is 18.2 Å². The van der Waals surface area contributed by atoms with E-state index in [2.05, 4.69) is 0 Å². The van der Waals surface area contributed by atoms with Gasteiger partial charge in [-0.05, 0) is 18.6 Å². The third-order valence-corrected chi connectivity index (χ3v) is 2.35. The van der Waals surface area contributed by atoms with Gasteiger partial charge in [-0.2, -0.15) is 4.73 Å². The SMILES string of the molecule is CC(=O)C(=O)On1cc(C)c2ccccc21. The largest absolute Gasteiger partial charge is 0.398 e. The molecule has 0 aliphatic carbocycles. The van der Waals surface area contributed by atoms with Crippen LogP contribution in [0.4, 0.5) is 0 Å². The van der Waals surface area contributed by atoms with E-state index in [9.17, 15) is 9.59 Å². The minimum atomic E-state index is -0.860. The first-order valence-electron chi connectivity index (χ1n) is 4.89. The molecule has 2 aromatic rings. The molecule has 4 heteroatoms. The minimum absolute atomic E-state index is 0.615. The quantitative estimate of drug-likeness (QED) is 0.716. The Kier molecular flexibility index (Phi) is 2.48. The van der Waals surface area contributed by atoms with Crippen LogP contribution in [0.2, 0.25) is 0 Å². The van der Waals surface area contributed by atoms with Crippen LogP contribution in [-0.4, -0.2) is 16.5 Å². The Bertz CT molecular complexity index is 569. The molecule has 0 radical (unpaired) electrons. The lowest BCUT2D eigenvalue weighted by molar-refractivity contribution is -0.152. The average Bonchev–Trinajstić information content (AvgIpc) is 2.57. The fourth-order valence-electron chi connectivity index (χ4n) is 1.54. The molecule has 0 N–H and O–H groups in total. The number of benzene rings is 1. The number of para-hydroxylation sites is 1. The maximum absolute atomic E-state index is 11.2. The average molecular weight is 217 g/mol. The summed E-state index contributed by atoms with van der Waals surface area (Å²) in [5.74, 6) is -1.48. The highest BCUT2D eigenvalue weighted by atomic mass is 16.7. The van der Waals surface area contributed by atoms with Crippen molar-refractivity contribution in [1.82, 2.24) is 4.73 Å². The summed E-state index contributed by atoms with van der Waals surface area (Å²) in [5.41, 5.74) is 1.77. The van der Waals surface area contributed by atoms with Crippen molar-refractivity contribution >= 4 is 22.7 Å². The number of carbonyl (C=O) groups is 2. The Morgan fingerprint density at radius 2 is 1.94 bits per heavy atom. The summed E-state index contributed by atoms with van der Waals surface area (Å²) in [6.45, 7) is 3.10. The van der Waals surface area contributed by atoms with Crippen molar-refractivity contribution in [3.8, 4) is 0 Å². The highest BCUT2D eigenvalue weighted by Gasteiger charge is 2.13. The van der Waals surface area contributed by atoms with Crippen molar-refractivity contribution in [2.75, 3.05) is 0 Å². The second-order valence-electron chi connectivity index (χ2n) is 3.59. The zero-order valence-electron chi connectivity index (χ0n) is 9.06. The number of ketones is 1. The fourth-order valence-corrected chi connectivity index (χ4v) is 1.54. The van der Waals surface area contributed by atoms with Crippen LogP contribution in [0, 0.1) is 6.92 Å². The number of hydrogen-bond donors (Lipinski definition) is 0. The second-order valence-corrected chi connectivity index (χ2v) is 3.59. The van der Waals surface area contributed by atoms with E-state index >= 15 is 0 Å². The number of nitrogens with zero attached hydrogens (tertiary/aromatic N) is 1. The molecule has 0 atom stereocenters. The van der Waals surface area contributed by atoms with Crippen molar-refractivity contribution in [2.24, 2.45) is 0 Å². The Morgan fingerprint density at radius 1 is 1.25 bits per heavy atom. The molecule has 82 valence electrons. The Hall–Kier alpha value is -2.10. The van der Waals surface area contributed by atoms with E-state index in [0.29, 0.717) is 0 Å². The standard InChI is InChI=1S/C12H11NO3/c1-8-7-13(16-12(15)9(2)14)11-6-4-3-5-10(8)11/h3-7H,1-2H3. The number of aryl methyl sites for hydroxylation is 1. The van der Waals surface area contributed by atoms with Gasteiger partial charge >= 0.3 is 5.97 Å². The third kappa shape index (κ3) is 1.69. The van der Waals surface area contributed by atoms with E-state index < -0.39 is 11.8 Å². The predicted molar refractivity (Wildman–Crippen MR) is 58.9 cm³/mol. The van der Waals surface area contributed by atoms with Crippen molar-refractivity contribution < 1.29 is 14.4 Å². The van der Waals surface area contributed by atoms with Gasteiger partial charge in [-0.25, -0.2) is 4.79 Å². The van der Waals surface area contributed by atoms with Crippen LogP contribution in [0.3, 0.4) is 0 Å². The summed E-state index contributed by atoms with van der Waals surface area (Å²) >= 11 is 0. The molecule has 16 heavy (non-hydrogen) atoms. The topological polar surface area (TPSA) is 48.3 Å². The van der Waals surface area contributed by atoms with Crippen LogP contribution in [-0.2, 0) is 9.59 Å². The van der Waals surface area contributed by atoms with Gasteiger partial charge in [0.1, 0.15) is 0 Å². The summed E-state index contributed by atoms with van der Waals surface area (Å²) in [6, 6.07) is 7.52. The van der Waals surface area contributed by atoms with Crippen molar-refractivity contribution in [3.63, 3.8) is 0 Å². The number of fused-ring (bicyclic) bond motifs is 1. The lowest BCUT2D eigenvalue weighted by atomic mass is 10.2. The van der Waals surface area contributed by atoms with Gasteiger partial charge in [0.2, 0.25) is 5.78 Å². The first kappa shape index (κ1) is 10.4. The number of aromatic nitrogens is 1. The number of rotatable bonds is 2. The molecule has 2 rings (SSSR count).